The molecule has 0 saturated carbocycles. The van der Waals surface area contributed by atoms with Crippen molar-refractivity contribution in [3.05, 3.63) is 36.1 Å². The van der Waals surface area contributed by atoms with Gasteiger partial charge in [-0.2, -0.15) is 0 Å². The molecule has 0 aliphatic heterocycles. The molecule has 0 bridgehead atoms. The second kappa shape index (κ2) is 8.27. The highest BCUT2D eigenvalue weighted by Gasteiger charge is 2.15. The lowest BCUT2D eigenvalue weighted by atomic mass is 10.1. The van der Waals surface area contributed by atoms with Gasteiger partial charge in [-0.3, -0.25) is 4.79 Å². The molecule has 6 heteroatoms. The summed E-state index contributed by atoms with van der Waals surface area (Å²) in [6, 6.07) is 7.09. The lowest BCUT2D eigenvalue weighted by Crippen LogP contribution is -2.03. The minimum absolute atomic E-state index is 0.0775. The molecule has 108 valence electrons. The molecule has 0 fully saturated rings. The summed E-state index contributed by atoms with van der Waals surface area (Å²) >= 11 is 1.40. The van der Waals surface area contributed by atoms with Crippen molar-refractivity contribution in [2.75, 3.05) is 20.0 Å². The van der Waals surface area contributed by atoms with Gasteiger partial charge < -0.3 is 14.6 Å². The van der Waals surface area contributed by atoms with Crippen molar-refractivity contribution in [3.63, 3.8) is 0 Å². The minimum Gasteiger partial charge on any atom is -0.503 e. The highest BCUT2D eigenvalue weighted by atomic mass is 32.2. The molecule has 0 aromatic heterocycles. The number of aliphatic carboxylic acids is 1. The molecule has 0 heterocycles. The molecule has 20 heavy (non-hydrogen) atoms. The first-order valence-corrected chi connectivity index (χ1v) is 6.84. The summed E-state index contributed by atoms with van der Waals surface area (Å²) in [5.41, 5.74) is 0.644. The van der Waals surface area contributed by atoms with Crippen LogP contribution < -0.4 is 0 Å². The predicted octanol–water partition coefficient (Wildman–Crippen LogP) is 2.41. The van der Waals surface area contributed by atoms with Crippen LogP contribution in [0.4, 0.5) is 0 Å². The predicted molar refractivity (Wildman–Crippen MR) is 76.4 cm³/mol. The van der Waals surface area contributed by atoms with Gasteiger partial charge in [-0.25, -0.2) is 4.79 Å². The van der Waals surface area contributed by atoms with Crippen LogP contribution in [0.1, 0.15) is 12.0 Å². The van der Waals surface area contributed by atoms with Crippen LogP contribution in [-0.2, 0) is 19.1 Å². The van der Waals surface area contributed by atoms with Gasteiger partial charge in [0.15, 0.2) is 0 Å². The van der Waals surface area contributed by atoms with Gasteiger partial charge in [0.2, 0.25) is 0 Å². The van der Waals surface area contributed by atoms with E-state index >= 15 is 0 Å². The summed E-state index contributed by atoms with van der Waals surface area (Å²) in [5.74, 6) is -0.836. The maximum Gasteiger partial charge on any atom is 0.339 e. The lowest BCUT2D eigenvalue weighted by Gasteiger charge is -2.09. The molecule has 0 aliphatic carbocycles. The number of carboxylic acid groups (broad SMARTS) is 1. The molecule has 1 rings (SSSR count). The number of hydrogen-bond donors (Lipinski definition) is 1. The average Bonchev–Trinajstić information content (AvgIpc) is 2.45. The minimum atomic E-state index is -1.06. The fourth-order valence-corrected chi connectivity index (χ4v) is 2.51. The van der Waals surface area contributed by atoms with Crippen LogP contribution in [0.3, 0.4) is 0 Å². The summed E-state index contributed by atoms with van der Waals surface area (Å²) in [4.78, 5) is 23.1. The van der Waals surface area contributed by atoms with Crippen LogP contribution in [0.2, 0.25) is 0 Å². The molecule has 0 spiro atoms. The zero-order valence-electron chi connectivity index (χ0n) is 11.3. The van der Waals surface area contributed by atoms with Crippen LogP contribution >= 0.6 is 11.8 Å². The van der Waals surface area contributed by atoms with Gasteiger partial charge in [-0.15, -0.1) is 11.8 Å². The van der Waals surface area contributed by atoms with E-state index in [1.807, 2.05) is 12.1 Å². The van der Waals surface area contributed by atoms with Gasteiger partial charge in [-0.05, 0) is 6.07 Å². The maximum absolute atomic E-state index is 11.2. The number of ether oxygens (including phenoxy) is 2. The topological polar surface area (TPSA) is 72.8 Å². The smallest absolute Gasteiger partial charge is 0.339 e. The number of carboxylic acids is 1. The van der Waals surface area contributed by atoms with Crippen LogP contribution in [0, 0.1) is 0 Å². The van der Waals surface area contributed by atoms with E-state index in [9.17, 15) is 14.7 Å². The molecule has 5 nitrogen and oxygen atoms in total. The van der Waals surface area contributed by atoms with Gasteiger partial charge in [0.1, 0.15) is 5.57 Å². The third-order valence-electron chi connectivity index (χ3n) is 2.43. The Morgan fingerprint density at radius 1 is 1.30 bits per heavy atom. The monoisotopic (exact) mass is 296 g/mol. The van der Waals surface area contributed by atoms with Gasteiger partial charge in [-0.1, -0.05) is 18.2 Å². The van der Waals surface area contributed by atoms with Crippen molar-refractivity contribution in [2.24, 2.45) is 0 Å². The van der Waals surface area contributed by atoms with Gasteiger partial charge in [0.25, 0.3) is 0 Å². The summed E-state index contributed by atoms with van der Waals surface area (Å²) < 4.78 is 9.37. The van der Waals surface area contributed by atoms with Crippen molar-refractivity contribution in [1.29, 1.82) is 0 Å². The van der Waals surface area contributed by atoms with E-state index in [0.717, 1.165) is 4.90 Å². The molecular weight excluding hydrogens is 280 g/mol. The van der Waals surface area contributed by atoms with Crippen LogP contribution in [0.25, 0.3) is 5.57 Å². The van der Waals surface area contributed by atoms with E-state index in [4.69, 9.17) is 4.74 Å². The van der Waals surface area contributed by atoms with Crippen LogP contribution in [-0.4, -0.2) is 37.0 Å². The highest BCUT2D eigenvalue weighted by Crippen LogP contribution is 2.29. The average molecular weight is 296 g/mol. The Hall–Kier alpha value is -1.95. The fourth-order valence-electron chi connectivity index (χ4n) is 1.51. The Morgan fingerprint density at radius 2 is 2.00 bits per heavy atom. The fraction of sp³-hybridized carbons (Fsp3) is 0.286. The van der Waals surface area contributed by atoms with Crippen LogP contribution in [0.15, 0.2) is 35.4 Å². The summed E-state index contributed by atoms with van der Waals surface area (Å²) in [6.45, 7) is 0. The number of carbonyl (C=O) groups excluding carboxylic acids is 1. The number of esters is 1. The number of methoxy groups -OCH3 is 2. The summed E-state index contributed by atoms with van der Waals surface area (Å²) in [7, 11) is 2.74. The molecular formula is C14H16O5S. The van der Waals surface area contributed by atoms with Gasteiger partial charge in [0.05, 0.1) is 26.9 Å². The largest absolute Gasteiger partial charge is 0.503 e. The second-order valence-corrected chi connectivity index (χ2v) is 4.88. The molecule has 0 saturated heterocycles. The number of hydrogen-bond acceptors (Lipinski definition) is 5. The van der Waals surface area contributed by atoms with E-state index in [1.54, 1.807) is 12.1 Å². The molecule has 0 unspecified atom stereocenters. The van der Waals surface area contributed by atoms with Crippen LogP contribution in [0.5, 0.6) is 0 Å². The molecule has 0 radical (unpaired) electrons. The maximum atomic E-state index is 11.2. The molecule has 0 atom stereocenters. The Kier molecular flexibility index (Phi) is 6.66. The normalized spacial score (nSPS) is 11.0. The second-order valence-electron chi connectivity index (χ2n) is 3.74. The first-order valence-electron chi connectivity index (χ1n) is 5.85. The van der Waals surface area contributed by atoms with E-state index in [2.05, 4.69) is 4.74 Å². The number of thioether (sulfide) groups is 1. The Balaban J connectivity index is 2.90. The number of rotatable bonds is 7. The van der Waals surface area contributed by atoms with Crippen molar-refractivity contribution < 1.29 is 24.2 Å². The first kappa shape index (κ1) is 16.1. The Bertz CT molecular complexity index is 510. The Morgan fingerprint density at radius 3 is 2.60 bits per heavy atom. The van der Waals surface area contributed by atoms with Gasteiger partial charge >= 0.3 is 11.9 Å². The van der Waals surface area contributed by atoms with E-state index in [1.165, 1.54) is 32.2 Å². The molecule has 1 aromatic rings. The van der Waals surface area contributed by atoms with Crippen molar-refractivity contribution >= 4 is 29.3 Å². The quantitative estimate of drug-likeness (QED) is 0.360. The van der Waals surface area contributed by atoms with E-state index < -0.39 is 5.97 Å². The third kappa shape index (κ3) is 4.62. The van der Waals surface area contributed by atoms with E-state index in [0.29, 0.717) is 11.3 Å². The molecule has 0 aliphatic rings. The Labute approximate surface area is 121 Å². The standard InChI is InChI=1S/C14H16O5S/c1-18-9-11(14(16)17)10-5-3-4-6-12(10)20-8-7-13(15)19-2/h3-6,9H,7-8H2,1-2H3,(H,16,17). The van der Waals surface area contributed by atoms with Crippen molar-refractivity contribution in [2.45, 2.75) is 11.3 Å². The molecule has 0 amide bonds. The number of carbonyl (C=O) groups is 2. The lowest BCUT2D eigenvalue weighted by molar-refractivity contribution is -0.140. The molecule has 1 aromatic carbocycles. The van der Waals surface area contributed by atoms with E-state index in [-0.39, 0.29) is 18.0 Å². The van der Waals surface area contributed by atoms with Gasteiger partial charge in [0, 0.05) is 16.2 Å². The SMILES string of the molecule is COC=C(C(=O)O)c1ccccc1SCCC(=O)OC. The zero-order chi connectivity index (χ0) is 15.0. The zero-order valence-corrected chi connectivity index (χ0v) is 12.1. The summed E-state index contributed by atoms with van der Waals surface area (Å²) in [5, 5.41) is 9.20. The van der Waals surface area contributed by atoms with Crippen molar-refractivity contribution in [3.8, 4) is 0 Å². The molecule has 1 N–H and O–H groups in total. The first-order chi connectivity index (χ1) is 9.60. The van der Waals surface area contributed by atoms with Crippen molar-refractivity contribution in [1.82, 2.24) is 0 Å². The highest BCUT2D eigenvalue weighted by molar-refractivity contribution is 7.99. The third-order valence-corrected chi connectivity index (χ3v) is 3.51. The number of benzene rings is 1. The summed E-state index contributed by atoms with van der Waals surface area (Å²) in [6.07, 6.45) is 1.47.